The van der Waals surface area contributed by atoms with Crippen molar-refractivity contribution in [2.75, 3.05) is 5.32 Å². The van der Waals surface area contributed by atoms with E-state index < -0.39 is 11.7 Å². The van der Waals surface area contributed by atoms with Crippen molar-refractivity contribution >= 4 is 34.9 Å². The fraction of sp³-hybridized carbons (Fsp3) is 0. The van der Waals surface area contributed by atoms with Crippen molar-refractivity contribution in [2.45, 2.75) is 0 Å². The first-order chi connectivity index (χ1) is 10.1. The molecule has 0 aliphatic carbocycles. The molecule has 1 amide bonds. The molecule has 0 atom stereocenters. The summed E-state index contributed by atoms with van der Waals surface area (Å²) >= 11 is 0. The second kappa shape index (κ2) is 6.41. The van der Waals surface area contributed by atoms with Gasteiger partial charge in [0.05, 0.1) is 5.56 Å². The number of rotatable bonds is 2. The highest BCUT2D eigenvalue weighted by molar-refractivity contribution is 6.09. The predicted octanol–water partition coefficient (Wildman–Crippen LogP) is 3.75. The Kier molecular flexibility index (Phi) is 4.58. The van der Waals surface area contributed by atoms with Crippen LogP contribution in [0, 0.1) is 5.82 Å². The monoisotopic (exact) mass is 318 g/mol. The lowest BCUT2D eigenvalue weighted by Crippen LogP contribution is -2.12. The number of carbonyl (C=O) groups is 1. The van der Waals surface area contributed by atoms with Crippen LogP contribution in [0.5, 0.6) is 5.75 Å². The number of nitrogens with zero attached hydrogens (tertiary/aromatic N) is 1. The standard InChI is InChI=1S/C16H11FN2O2.ClH/c17-11-4-1-5-12(9-11)19-16(21)13-7-6-10-3-2-8-18-14(10)15(13)20;/h1-9,20H,(H,19,21);1H. The van der Waals surface area contributed by atoms with Crippen LogP contribution in [0.15, 0.2) is 54.7 Å². The summed E-state index contributed by atoms with van der Waals surface area (Å²) in [4.78, 5) is 16.2. The summed E-state index contributed by atoms with van der Waals surface area (Å²) < 4.78 is 13.1. The van der Waals surface area contributed by atoms with Gasteiger partial charge in [0.2, 0.25) is 0 Å². The third-order valence-corrected chi connectivity index (χ3v) is 3.08. The van der Waals surface area contributed by atoms with Crippen LogP contribution in [0.1, 0.15) is 10.4 Å². The topological polar surface area (TPSA) is 62.2 Å². The summed E-state index contributed by atoms with van der Waals surface area (Å²) in [6, 6.07) is 12.3. The van der Waals surface area contributed by atoms with Crippen molar-refractivity contribution in [3.8, 4) is 5.75 Å². The van der Waals surface area contributed by atoms with Crippen molar-refractivity contribution in [3.05, 3.63) is 66.1 Å². The highest BCUT2D eigenvalue weighted by Gasteiger charge is 2.14. The number of fused-ring (bicyclic) bond motifs is 1. The average molecular weight is 319 g/mol. The summed E-state index contributed by atoms with van der Waals surface area (Å²) in [5, 5.41) is 13.4. The molecule has 1 aromatic heterocycles. The molecule has 0 radical (unpaired) electrons. The molecule has 4 nitrogen and oxygen atoms in total. The minimum Gasteiger partial charge on any atom is -0.505 e. The number of pyridine rings is 1. The van der Waals surface area contributed by atoms with Gasteiger partial charge in [0.25, 0.3) is 5.91 Å². The number of carbonyl (C=O) groups excluding carboxylic acids is 1. The van der Waals surface area contributed by atoms with E-state index in [1.807, 2.05) is 0 Å². The second-order valence-corrected chi connectivity index (χ2v) is 4.50. The zero-order valence-corrected chi connectivity index (χ0v) is 12.1. The molecule has 22 heavy (non-hydrogen) atoms. The molecule has 0 unspecified atom stereocenters. The summed E-state index contributed by atoms with van der Waals surface area (Å²) in [6.45, 7) is 0. The Bertz CT molecular complexity index is 839. The molecule has 0 fully saturated rings. The molecule has 3 aromatic rings. The average Bonchev–Trinajstić information content (AvgIpc) is 2.48. The largest absolute Gasteiger partial charge is 0.505 e. The third kappa shape index (κ3) is 2.99. The fourth-order valence-electron chi connectivity index (χ4n) is 2.08. The number of hydrogen-bond donors (Lipinski definition) is 2. The van der Waals surface area contributed by atoms with Gasteiger partial charge in [-0.2, -0.15) is 0 Å². The summed E-state index contributed by atoms with van der Waals surface area (Å²) in [5.74, 6) is -1.16. The number of benzene rings is 2. The number of amides is 1. The van der Waals surface area contributed by atoms with Gasteiger partial charge in [-0.3, -0.25) is 9.78 Å². The Morgan fingerprint density at radius 3 is 2.73 bits per heavy atom. The maximum absolute atomic E-state index is 13.1. The van der Waals surface area contributed by atoms with Crippen LogP contribution >= 0.6 is 12.4 Å². The zero-order chi connectivity index (χ0) is 14.8. The lowest BCUT2D eigenvalue weighted by atomic mass is 10.1. The summed E-state index contributed by atoms with van der Waals surface area (Å²) in [6.07, 6.45) is 1.54. The number of hydrogen-bond acceptors (Lipinski definition) is 3. The van der Waals surface area contributed by atoms with Crippen LogP contribution in [-0.2, 0) is 0 Å². The molecule has 0 saturated heterocycles. The van der Waals surface area contributed by atoms with Crippen molar-refractivity contribution in [1.29, 1.82) is 0 Å². The van der Waals surface area contributed by atoms with Crippen molar-refractivity contribution in [3.63, 3.8) is 0 Å². The number of phenolic OH excluding ortho intramolecular Hbond substituents is 1. The molecule has 0 aliphatic rings. The van der Waals surface area contributed by atoms with E-state index in [2.05, 4.69) is 10.3 Å². The van der Waals surface area contributed by atoms with Gasteiger partial charge in [0, 0.05) is 17.3 Å². The van der Waals surface area contributed by atoms with Gasteiger partial charge in [-0.15, -0.1) is 12.4 Å². The predicted molar refractivity (Wildman–Crippen MR) is 85.0 cm³/mol. The van der Waals surface area contributed by atoms with E-state index in [0.717, 1.165) is 5.39 Å². The van der Waals surface area contributed by atoms with E-state index in [1.165, 1.54) is 30.5 Å². The van der Waals surface area contributed by atoms with Gasteiger partial charge >= 0.3 is 0 Å². The Morgan fingerprint density at radius 1 is 1.14 bits per heavy atom. The van der Waals surface area contributed by atoms with Crippen molar-refractivity contribution in [2.24, 2.45) is 0 Å². The molecule has 0 bridgehead atoms. The second-order valence-electron chi connectivity index (χ2n) is 4.50. The van der Waals surface area contributed by atoms with E-state index in [-0.39, 0.29) is 23.7 Å². The number of halogens is 2. The van der Waals surface area contributed by atoms with E-state index in [4.69, 9.17) is 0 Å². The number of aromatic hydroxyl groups is 1. The van der Waals surface area contributed by atoms with Gasteiger partial charge in [0.15, 0.2) is 5.75 Å². The highest BCUT2D eigenvalue weighted by Crippen LogP contribution is 2.27. The maximum Gasteiger partial charge on any atom is 0.259 e. The molecule has 112 valence electrons. The van der Waals surface area contributed by atoms with Crippen LogP contribution < -0.4 is 5.32 Å². The van der Waals surface area contributed by atoms with Gasteiger partial charge in [-0.1, -0.05) is 18.2 Å². The van der Waals surface area contributed by atoms with Gasteiger partial charge < -0.3 is 10.4 Å². The quantitative estimate of drug-likeness (QED) is 0.756. The van der Waals surface area contributed by atoms with Gasteiger partial charge in [-0.25, -0.2) is 4.39 Å². The molecule has 2 N–H and O–H groups in total. The smallest absolute Gasteiger partial charge is 0.259 e. The Morgan fingerprint density at radius 2 is 1.95 bits per heavy atom. The normalized spacial score (nSPS) is 10.0. The van der Waals surface area contributed by atoms with Gasteiger partial charge in [0.1, 0.15) is 11.3 Å². The van der Waals surface area contributed by atoms with Crippen LogP contribution in [0.3, 0.4) is 0 Å². The van der Waals surface area contributed by atoms with E-state index in [0.29, 0.717) is 11.2 Å². The van der Waals surface area contributed by atoms with E-state index >= 15 is 0 Å². The summed E-state index contributed by atoms with van der Waals surface area (Å²) in [5.41, 5.74) is 0.760. The molecule has 2 aromatic carbocycles. The van der Waals surface area contributed by atoms with Crippen LogP contribution in [0.2, 0.25) is 0 Å². The maximum atomic E-state index is 13.1. The molecule has 3 rings (SSSR count). The minimum absolute atomic E-state index is 0. The van der Waals surface area contributed by atoms with E-state index in [9.17, 15) is 14.3 Å². The van der Waals surface area contributed by atoms with Crippen LogP contribution in [0.4, 0.5) is 10.1 Å². The SMILES string of the molecule is Cl.O=C(Nc1cccc(F)c1)c1ccc2cccnc2c1O. The Hall–Kier alpha value is -2.66. The Labute approximate surface area is 132 Å². The lowest BCUT2D eigenvalue weighted by Gasteiger charge is -2.08. The van der Waals surface area contributed by atoms with E-state index in [1.54, 1.807) is 24.3 Å². The van der Waals surface area contributed by atoms with Crippen molar-refractivity contribution in [1.82, 2.24) is 4.98 Å². The molecule has 1 heterocycles. The molecular formula is C16H12ClFN2O2. The molecule has 0 spiro atoms. The number of phenols is 1. The first-order valence-electron chi connectivity index (χ1n) is 6.29. The molecule has 0 saturated carbocycles. The minimum atomic E-state index is -0.523. The number of aromatic nitrogens is 1. The molecule has 0 aliphatic heterocycles. The summed E-state index contributed by atoms with van der Waals surface area (Å²) in [7, 11) is 0. The fourth-order valence-corrected chi connectivity index (χ4v) is 2.08. The first kappa shape index (κ1) is 15.7. The molecular weight excluding hydrogens is 307 g/mol. The highest BCUT2D eigenvalue weighted by atomic mass is 35.5. The van der Waals surface area contributed by atoms with Gasteiger partial charge in [-0.05, 0) is 30.3 Å². The molecule has 6 heteroatoms. The Balaban J connectivity index is 0.00000176. The first-order valence-corrected chi connectivity index (χ1v) is 6.29. The van der Waals surface area contributed by atoms with Crippen molar-refractivity contribution < 1.29 is 14.3 Å². The van der Waals surface area contributed by atoms with Crippen LogP contribution in [0.25, 0.3) is 10.9 Å². The number of nitrogens with one attached hydrogen (secondary N) is 1. The zero-order valence-electron chi connectivity index (χ0n) is 11.3. The lowest BCUT2D eigenvalue weighted by molar-refractivity contribution is 0.102. The number of anilines is 1. The van der Waals surface area contributed by atoms with Crippen LogP contribution in [-0.4, -0.2) is 16.0 Å². The third-order valence-electron chi connectivity index (χ3n) is 3.08.